The molecule has 3 heterocycles. The zero-order valence-corrected chi connectivity index (χ0v) is 28.5. The molecule has 0 saturated carbocycles. The van der Waals surface area contributed by atoms with E-state index < -0.39 is 46.7 Å². The van der Waals surface area contributed by atoms with E-state index in [4.69, 9.17) is 14.2 Å². The molecule has 2 aromatic carbocycles. The smallest absolute Gasteiger partial charge is 0.416 e. The highest BCUT2D eigenvalue weighted by Gasteiger charge is 2.55. The van der Waals surface area contributed by atoms with Gasteiger partial charge in [0.1, 0.15) is 18.1 Å². The first-order chi connectivity index (χ1) is 24.3. The second-order valence-corrected chi connectivity index (χ2v) is 12.6. The number of hydrogen-bond acceptors (Lipinski definition) is 7. The topological polar surface area (TPSA) is 84.4 Å². The van der Waals surface area contributed by atoms with Gasteiger partial charge in [0.2, 0.25) is 5.60 Å². The van der Waals surface area contributed by atoms with Gasteiger partial charge in [-0.25, -0.2) is 8.78 Å². The van der Waals surface area contributed by atoms with Crippen LogP contribution in [0.1, 0.15) is 47.7 Å². The van der Waals surface area contributed by atoms with Gasteiger partial charge in [-0.15, -0.1) is 6.58 Å². The summed E-state index contributed by atoms with van der Waals surface area (Å²) >= 11 is 0. The number of aromatic nitrogens is 1. The molecule has 2 amide bonds. The number of anilines is 1. The third kappa shape index (κ3) is 8.27. The largest absolute Gasteiger partial charge is 0.489 e. The lowest BCUT2D eigenvalue weighted by atomic mass is 9.80. The van der Waals surface area contributed by atoms with Crippen molar-refractivity contribution in [1.29, 1.82) is 0 Å². The van der Waals surface area contributed by atoms with E-state index in [-0.39, 0.29) is 50.2 Å². The molecule has 0 N–H and O–H groups in total. The number of halogens is 5. The fraction of sp³-hybridized carbons (Fsp3) is 0.432. The van der Waals surface area contributed by atoms with Crippen LogP contribution in [0.25, 0.3) is 0 Å². The second-order valence-electron chi connectivity index (χ2n) is 12.6. The molecule has 5 rings (SSSR count). The van der Waals surface area contributed by atoms with Crippen molar-refractivity contribution in [3.05, 3.63) is 96.3 Å². The van der Waals surface area contributed by atoms with Gasteiger partial charge in [0.25, 0.3) is 17.7 Å². The number of methoxy groups -OCH3 is 1. The van der Waals surface area contributed by atoms with Crippen molar-refractivity contribution >= 4 is 17.5 Å². The van der Waals surface area contributed by atoms with E-state index in [9.17, 15) is 31.5 Å². The fourth-order valence-electron chi connectivity index (χ4n) is 6.74. The number of pyridine rings is 1. The maximum absolute atomic E-state index is 14.9. The van der Waals surface area contributed by atoms with Crippen molar-refractivity contribution in [2.75, 3.05) is 57.9 Å². The van der Waals surface area contributed by atoms with Crippen LogP contribution in [0.4, 0.5) is 27.6 Å². The maximum atomic E-state index is 14.9. The van der Waals surface area contributed by atoms with Gasteiger partial charge in [0, 0.05) is 71.1 Å². The zero-order valence-electron chi connectivity index (χ0n) is 28.5. The van der Waals surface area contributed by atoms with Crippen LogP contribution in [-0.4, -0.2) is 91.3 Å². The quantitative estimate of drug-likeness (QED) is 0.119. The summed E-state index contributed by atoms with van der Waals surface area (Å²) in [4.78, 5) is 38.0. The molecule has 3 aromatic rings. The van der Waals surface area contributed by atoms with Crippen LogP contribution in [0.15, 0.2) is 79.6 Å². The van der Waals surface area contributed by atoms with Gasteiger partial charge in [-0.3, -0.25) is 14.6 Å². The summed E-state index contributed by atoms with van der Waals surface area (Å²) in [5.74, 6) is -3.95. The minimum atomic E-state index is -4.60. The number of carbonyl (C=O) groups excluding carboxylic acids is 2. The number of likely N-dealkylation sites (tertiary alicyclic amines) is 1. The first-order valence-electron chi connectivity index (χ1n) is 16.7. The van der Waals surface area contributed by atoms with Crippen LogP contribution in [0.2, 0.25) is 0 Å². The molecule has 2 aliphatic heterocycles. The summed E-state index contributed by atoms with van der Waals surface area (Å²) in [5, 5.41) is 0. The number of nitrogens with zero attached hydrogens (tertiary/aromatic N) is 4. The molecule has 1 aromatic heterocycles. The molecular formula is C37H41F5N4O5. The fourth-order valence-corrected chi connectivity index (χ4v) is 6.74. The molecule has 0 spiro atoms. The number of benzene rings is 2. The number of carbonyl (C=O) groups is 2. The lowest BCUT2D eigenvalue weighted by Gasteiger charge is -2.50. The van der Waals surface area contributed by atoms with Gasteiger partial charge in [0.05, 0.1) is 29.5 Å². The molecule has 1 unspecified atom stereocenters. The number of hydrogen-bond donors (Lipinski definition) is 0. The Bertz CT molecular complexity index is 1670. The van der Waals surface area contributed by atoms with Gasteiger partial charge in [-0.05, 0) is 55.3 Å². The third-order valence-corrected chi connectivity index (χ3v) is 9.20. The third-order valence-electron chi connectivity index (χ3n) is 9.20. The number of ether oxygens (including phenoxy) is 3. The molecule has 51 heavy (non-hydrogen) atoms. The molecule has 2 aliphatic rings. The summed E-state index contributed by atoms with van der Waals surface area (Å²) in [6.45, 7) is 6.75. The standard InChI is InChI=1S/C37H41F5N4O5/c1-4-8-32-36(51-27-13-11-26(12-14-27)37(40,41)42,16-7-18-46(32)33(47)28-25-43-17-15-29(28)35(2,38)39)34(48)45-21-19-44(20-22-45)30-9-5-6-10-31(30)50-24-23-49-3/h4-6,9-15,17,25,32H,1,7-8,16,18-24H2,2-3H3/t32?,36-/m0/s1. The van der Waals surface area contributed by atoms with Gasteiger partial charge in [0.15, 0.2) is 0 Å². The van der Waals surface area contributed by atoms with Crippen LogP contribution < -0.4 is 14.4 Å². The van der Waals surface area contributed by atoms with E-state index in [0.29, 0.717) is 39.0 Å². The van der Waals surface area contributed by atoms with Crippen molar-refractivity contribution in [2.45, 2.75) is 49.9 Å². The molecule has 274 valence electrons. The Morgan fingerprint density at radius 3 is 2.33 bits per heavy atom. The summed E-state index contributed by atoms with van der Waals surface area (Å²) < 4.78 is 87.1. The van der Waals surface area contributed by atoms with Crippen LogP contribution >= 0.6 is 0 Å². The van der Waals surface area contributed by atoms with Crippen LogP contribution in [0, 0.1) is 0 Å². The number of rotatable bonds is 12. The molecule has 0 aliphatic carbocycles. The van der Waals surface area contributed by atoms with E-state index in [2.05, 4.69) is 16.5 Å². The lowest BCUT2D eigenvalue weighted by Crippen LogP contribution is -2.69. The molecule has 2 atom stereocenters. The van der Waals surface area contributed by atoms with Crippen LogP contribution in [0.3, 0.4) is 0 Å². The minimum absolute atomic E-state index is 0.0114. The molecule has 2 saturated heterocycles. The van der Waals surface area contributed by atoms with Gasteiger partial charge in [-0.1, -0.05) is 18.2 Å². The average molecular weight is 717 g/mol. The van der Waals surface area contributed by atoms with E-state index in [1.54, 1.807) is 12.0 Å². The molecule has 14 heteroatoms. The number of piperidine rings is 1. The number of alkyl halides is 5. The SMILES string of the molecule is C=CCC1N(C(=O)c2cnccc2C(C)(F)F)CCC[C@@]1(Oc1ccc(C(F)(F)F)cc1)C(=O)N1CCN(c2ccccc2OCCOC)CC1. The summed E-state index contributed by atoms with van der Waals surface area (Å²) in [6, 6.07) is 11.6. The van der Waals surface area contributed by atoms with E-state index in [1.165, 1.54) is 17.2 Å². The van der Waals surface area contributed by atoms with Gasteiger partial charge < -0.3 is 28.9 Å². The Morgan fingerprint density at radius 1 is 0.980 bits per heavy atom. The van der Waals surface area contributed by atoms with Crippen molar-refractivity contribution in [2.24, 2.45) is 0 Å². The summed E-state index contributed by atoms with van der Waals surface area (Å²) in [6.07, 6.45) is -0.461. The maximum Gasteiger partial charge on any atom is 0.416 e. The molecular weight excluding hydrogens is 675 g/mol. The molecule has 9 nitrogen and oxygen atoms in total. The monoisotopic (exact) mass is 716 g/mol. The predicted molar refractivity (Wildman–Crippen MR) is 180 cm³/mol. The van der Waals surface area contributed by atoms with E-state index in [0.717, 1.165) is 42.2 Å². The number of para-hydroxylation sites is 2. The molecule has 0 bridgehead atoms. The molecule has 0 radical (unpaired) electrons. The van der Waals surface area contributed by atoms with Crippen molar-refractivity contribution < 1.29 is 45.8 Å². The first kappa shape index (κ1) is 37.5. The zero-order chi connectivity index (χ0) is 36.8. The van der Waals surface area contributed by atoms with Gasteiger partial charge >= 0.3 is 6.18 Å². The van der Waals surface area contributed by atoms with Crippen LogP contribution in [0.5, 0.6) is 11.5 Å². The Hall–Kier alpha value is -4.72. The Balaban J connectivity index is 1.49. The Labute approximate surface area is 293 Å². The van der Waals surface area contributed by atoms with Crippen molar-refractivity contribution in [3.8, 4) is 11.5 Å². The Morgan fingerprint density at radius 2 is 1.69 bits per heavy atom. The van der Waals surface area contributed by atoms with Crippen molar-refractivity contribution in [1.82, 2.24) is 14.8 Å². The normalized spacial score (nSPS) is 19.8. The first-order valence-corrected chi connectivity index (χ1v) is 16.7. The highest BCUT2D eigenvalue weighted by Crippen LogP contribution is 2.40. The summed E-state index contributed by atoms with van der Waals surface area (Å²) in [7, 11) is 1.58. The predicted octanol–water partition coefficient (Wildman–Crippen LogP) is 6.58. The number of piperazine rings is 1. The van der Waals surface area contributed by atoms with E-state index >= 15 is 0 Å². The minimum Gasteiger partial charge on any atom is -0.489 e. The van der Waals surface area contributed by atoms with Gasteiger partial charge in [-0.2, -0.15) is 13.2 Å². The Kier molecular flexibility index (Phi) is 11.5. The van der Waals surface area contributed by atoms with Crippen LogP contribution in [-0.2, 0) is 21.6 Å². The molecule has 2 fully saturated rings. The van der Waals surface area contributed by atoms with E-state index in [1.807, 2.05) is 24.3 Å². The highest BCUT2D eigenvalue weighted by molar-refractivity contribution is 5.97. The second kappa shape index (κ2) is 15.7. The highest BCUT2D eigenvalue weighted by atomic mass is 19.4. The summed E-state index contributed by atoms with van der Waals surface area (Å²) in [5.41, 5.74) is -2.69. The van der Waals surface area contributed by atoms with Crippen molar-refractivity contribution in [3.63, 3.8) is 0 Å². The number of amides is 2. The lowest BCUT2D eigenvalue weighted by molar-refractivity contribution is -0.159. The average Bonchev–Trinajstić information content (AvgIpc) is 3.12.